The first kappa shape index (κ1) is 29.9. The Morgan fingerprint density at radius 1 is 0.460 bits per heavy atom. The molecule has 4 aromatic rings. The van der Waals surface area contributed by atoms with Crippen molar-refractivity contribution < 1.29 is 47.6 Å². The first-order chi connectivity index (χ1) is 24.4. The van der Waals surface area contributed by atoms with Crippen LogP contribution < -0.4 is 0 Å². The number of benzene rings is 4. The summed E-state index contributed by atoms with van der Waals surface area (Å²) in [5.41, 5.74) is 7.79. The molecule has 0 saturated carbocycles. The lowest BCUT2D eigenvalue weighted by Gasteiger charge is -2.11. The van der Waals surface area contributed by atoms with Crippen molar-refractivity contribution in [1.82, 2.24) is 0 Å². The van der Waals surface area contributed by atoms with Crippen molar-refractivity contribution in [2.45, 2.75) is 37.6 Å². The van der Waals surface area contributed by atoms with Gasteiger partial charge in [-0.1, -0.05) is 84.9 Å². The van der Waals surface area contributed by atoms with Crippen LogP contribution in [0.3, 0.4) is 0 Å². The van der Waals surface area contributed by atoms with Gasteiger partial charge in [0.15, 0.2) is 0 Å². The van der Waals surface area contributed by atoms with Crippen molar-refractivity contribution in [1.29, 1.82) is 0 Å². The van der Waals surface area contributed by atoms with Gasteiger partial charge in [-0.3, -0.25) is 0 Å². The smallest absolute Gasteiger partial charge is 0.342 e. The van der Waals surface area contributed by atoms with E-state index in [1.165, 1.54) is 23.7 Å². The summed E-state index contributed by atoms with van der Waals surface area (Å²) in [5.74, 6) is -1.70. The lowest BCUT2D eigenvalue weighted by atomic mass is 9.98. The standard InChI is InChI=1S/2C20H14O5/c2*21-18-13-7-3-4-8-14(13)20(25-18)23-10-16-15-9-11-5-1-2-6-12(11)17(15)24-19(16)22/h2*1-8,10,15,17,20H,9H2/b2*16-10+/t15-,17-,20+;15-,17-,20-/m01/s1. The molecule has 0 bridgehead atoms. The predicted octanol–water partition coefficient (Wildman–Crippen LogP) is 6.45. The van der Waals surface area contributed by atoms with Crippen LogP contribution in [0.2, 0.25) is 0 Å². The van der Waals surface area contributed by atoms with Crippen LogP contribution in [-0.4, -0.2) is 23.9 Å². The molecule has 2 saturated heterocycles. The van der Waals surface area contributed by atoms with Crippen LogP contribution in [0.4, 0.5) is 0 Å². The monoisotopic (exact) mass is 668 g/mol. The third-order valence-electron chi connectivity index (χ3n) is 10.0. The SMILES string of the molecule is O=C1O[C@@H]2c3ccccc3C[C@@H]2/C1=C\O[C@@H]1OC(=O)c2ccccc21.O=C1O[C@H]2c3ccccc3C[C@H]2/C1=C\O[C@@H]1OC(=O)c2ccccc21. The number of cyclic esters (lactones) is 2. The van der Waals surface area contributed by atoms with Crippen molar-refractivity contribution in [3.8, 4) is 0 Å². The van der Waals surface area contributed by atoms with E-state index in [0.29, 0.717) is 33.4 Å². The molecular weight excluding hydrogens is 640 g/mol. The van der Waals surface area contributed by atoms with Crippen LogP contribution in [0.5, 0.6) is 0 Å². The average Bonchev–Trinajstić information content (AvgIpc) is 3.96. The summed E-state index contributed by atoms with van der Waals surface area (Å²) in [7, 11) is 0. The van der Waals surface area contributed by atoms with Gasteiger partial charge in [0.25, 0.3) is 12.6 Å². The maximum Gasteiger partial charge on any atom is 0.342 e. The second kappa shape index (κ2) is 11.8. The van der Waals surface area contributed by atoms with Gasteiger partial charge < -0.3 is 28.4 Å². The average molecular weight is 669 g/mol. The van der Waals surface area contributed by atoms with Crippen LogP contribution in [0.1, 0.15) is 78.9 Å². The molecule has 0 unspecified atom stereocenters. The quantitative estimate of drug-likeness (QED) is 0.104. The molecule has 10 heteroatoms. The fourth-order valence-corrected chi connectivity index (χ4v) is 7.59. The topological polar surface area (TPSA) is 124 Å². The van der Waals surface area contributed by atoms with E-state index >= 15 is 0 Å². The summed E-state index contributed by atoms with van der Waals surface area (Å²) in [5, 5.41) is 0. The van der Waals surface area contributed by atoms with Gasteiger partial charge in [-0.15, -0.1) is 0 Å². The normalized spacial score (nSPS) is 27.5. The van der Waals surface area contributed by atoms with Crippen LogP contribution in [0.15, 0.2) is 121 Å². The van der Waals surface area contributed by atoms with E-state index < -0.39 is 24.5 Å². The van der Waals surface area contributed by atoms with Crippen molar-refractivity contribution in [3.05, 3.63) is 165 Å². The predicted molar refractivity (Wildman–Crippen MR) is 172 cm³/mol. The Bertz CT molecular complexity index is 2010. The number of ether oxygens (including phenoxy) is 6. The number of carbonyl (C=O) groups is 4. The lowest BCUT2D eigenvalue weighted by Crippen LogP contribution is -2.07. The summed E-state index contributed by atoms with van der Waals surface area (Å²) in [6.45, 7) is 0. The van der Waals surface area contributed by atoms with E-state index in [4.69, 9.17) is 28.4 Å². The van der Waals surface area contributed by atoms with E-state index in [1.807, 2.05) is 48.5 Å². The van der Waals surface area contributed by atoms with Crippen molar-refractivity contribution in [3.63, 3.8) is 0 Å². The molecule has 6 atom stereocenters. The number of carbonyl (C=O) groups excluding carboxylic acids is 4. The lowest BCUT2D eigenvalue weighted by molar-refractivity contribution is -0.140. The zero-order valence-electron chi connectivity index (χ0n) is 26.4. The van der Waals surface area contributed by atoms with E-state index in [1.54, 1.807) is 36.4 Å². The minimum Gasteiger partial charge on any atom is -0.458 e. The molecule has 50 heavy (non-hydrogen) atoms. The Labute approximate surface area is 285 Å². The summed E-state index contributed by atoms with van der Waals surface area (Å²) < 4.78 is 32.9. The van der Waals surface area contributed by atoms with Crippen LogP contribution in [-0.2, 0) is 50.9 Å². The largest absolute Gasteiger partial charge is 0.458 e. The third-order valence-corrected chi connectivity index (χ3v) is 10.0. The molecule has 4 aliphatic heterocycles. The maximum atomic E-state index is 12.2. The highest BCUT2D eigenvalue weighted by Gasteiger charge is 2.48. The number of fused-ring (bicyclic) bond motifs is 8. The summed E-state index contributed by atoms with van der Waals surface area (Å²) in [6.07, 6.45) is 2.12. The van der Waals surface area contributed by atoms with Gasteiger partial charge in [0.1, 0.15) is 12.2 Å². The van der Waals surface area contributed by atoms with Crippen LogP contribution >= 0.6 is 0 Å². The second-order valence-corrected chi connectivity index (χ2v) is 12.7. The molecule has 0 spiro atoms. The number of rotatable bonds is 4. The zero-order valence-corrected chi connectivity index (χ0v) is 26.4. The van der Waals surface area contributed by atoms with Gasteiger partial charge in [-0.05, 0) is 47.2 Å². The molecule has 2 fully saturated rings. The fourth-order valence-electron chi connectivity index (χ4n) is 7.59. The van der Waals surface area contributed by atoms with E-state index in [9.17, 15) is 19.2 Å². The Morgan fingerprint density at radius 2 is 0.840 bits per heavy atom. The van der Waals surface area contributed by atoms with E-state index in [0.717, 1.165) is 24.0 Å². The molecule has 248 valence electrons. The van der Waals surface area contributed by atoms with Crippen molar-refractivity contribution in [2.24, 2.45) is 11.8 Å². The van der Waals surface area contributed by atoms with Gasteiger partial charge in [-0.2, -0.15) is 0 Å². The zero-order chi connectivity index (χ0) is 33.9. The molecule has 0 N–H and O–H groups in total. The first-order valence-corrected chi connectivity index (χ1v) is 16.3. The third kappa shape index (κ3) is 4.86. The van der Waals surface area contributed by atoms with E-state index in [2.05, 4.69) is 12.1 Å². The Balaban J connectivity index is 0.000000135. The molecule has 0 radical (unpaired) electrons. The van der Waals surface area contributed by atoms with Gasteiger partial charge in [0.05, 0.1) is 34.8 Å². The van der Waals surface area contributed by atoms with Gasteiger partial charge in [0.2, 0.25) is 0 Å². The highest BCUT2D eigenvalue weighted by molar-refractivity contribution is 5.95. The molecule has 2 aliphatic carbocycles. The number of hydrogen-bond acceptors (Lipinski definition) is 10. The molecular formula is C40H28O10. The highest BCUT2D eigenvalue weighted by Crippen LogP contribution is 2.49. The Hall–Kier alpha value is -6.16. The van der Waals surface area contributed by atoms with Gasteiger partial charge >= 0.3 is 23.9 Å². The van der Waals surface area contributed by atoms with Gasteiger partial charge in [-0.25, -0.2) is 19.2 Å². The van der Waals surface area contributed by atoms with Crippen molar-refractivity contribution >= 4 is 23.9 Å². The van der Waals surface area contributed by atoms with Crippen LogP contribution in [0.25, 0.3) is 0 Å². The van der Waals surface area contributed by atoms with Crippen molar-refractivity contribution in [2.75, 3.05) is 0 Å². The number of esters is 4. The molecule has 4 aromatic carbocycles. The molecule has 0 amide bonds. The highest BCUT2D eigenvalue weighted by atomic mass is 16.7. The number of hydrogen-bond donors (Lipinski definition) is 0. The minimum absolute atomic E-state index is 0.0581. The molecule has 0 aromatic heterocycles. The first-order valence-electron chi connectivity index (χ1n) is 16.3. The minimum atomic E-state index is -0.827. The Morgan fingerprint density at radius 3 is 1.28 bits per heavy atom. The molecule has 10 rings (SSSR count). The molecule has 6 aliphatic rings. The summed E-state index contributed by atoms with van der Waals surface area (Å²) in [6, 6.07) is 30.1. The summed E-state index contributed by atoms with van der Waals surface area (Å²) in [4.78, 5) is 48.2. The van der Waals surface area contributed by atoms with E-state index in [-0.39, 0.29) is 36.0 Å². The fraction of sp³-hybridized carbons (Fsp3) is 0.200. The molecule has 4 heterocycles. The molecule has 10 nitrogen and oxygen atoms in total. The van der Waals surface area contributed by atoms with Crippen LogP contribution in [0, 0.1) is 11.8 Å². The maximum absolute atomic E-state index is 12.2. The Kier molecular flexibility index (Phi) is 7.04. The van der Waals surface area contributed by atoms with Gasteiger partial charge in [0, 0.05) is 23.0 Å². The second-order valence-electron chi connectivity index (χ2n) is 12.7. The summed E-state index contributed by atoms with van der Waals surface area (Å²) >= 11 is 0.